The summed E-state index contributed by atoms with van der Waals surface area (Å²) < 4.78 is 13.8. The highest BCUT2D eigenvalue weighted by atomic mass is 32.2. The fourth-order valence-corrected chi connectivity index (χ4v) is 8.38. The minimum Gasteiger partial charge on any atom is -0.482 e. The lowest BCUT2D eigenvalue weighted by Gasteiger charge is -2.41. The second-order valence-corrected chi connectivity index (χ2v) is 12.1. The molecule has 42 heavy (non-hydrogen) atoms. The molecule has 0 saturated heterocycles. The number of ether oxygens (including phenoxy) is 2. The molecule has 5 nitrogen and oxygen atoms in total. The summed E-state index contributed by atoms with van der Waals surface area (Å²) in [5.74, 6) is 1.58. The van der Waals surface area contributed by atoms with Crippen molar-refractivity contribution in [3.63, 3.8) is 0 Å². The van der Waals surface area contributed by atoms with Gasteiger partial charge in [0, 0.05) is 7.11 Å². The van der Waals surface area contributed by atoms with Crippen molar-refractivity contribution in [2.75, 3.05) is 19.1 Å². The molecule has 1 aromatic heterocycles. The zero-order valence-corrected chi connectivity index (χ0v) is 25.0. The number of imidazole rings is 1. The van der Waals surface area contributed by atoms with Crippen LogP contribution in [-0.2, 0) is 14.2 Å². The molecule has 3 heterocycles. The van der Waals surface area contributed by atoms with E-state index in [9.17, 15) is 0 Å². The Hall–Kier alpha value is -4.26. The molecule has 210 valence electrons. The summed E-state index contributed by atoms with van der Waals surface area (Å²) in [5.41, 5.74) is 6.50. The van der Waals surface area contributed by atoms with Crippen LogP contribution in [0.4, 0.5) is 5.95 Å². The molecular formula is C36H33N3O2S. The fraction of sp³-hybridized carbons (Fsp3) is 0.194. The molecule has 0 amide bonds. The molecule has 0 radical (unpaired) electrons. The number of allylic oxidation sites excluding steroid dienone is 2. The average molecular weight is 572 g/mol. The highest BCUT2D eigenvalue weighted by Crippen LogP contribution is 2.57. The zero-order chi connectivity index (χ0) is 28.9. The third-order valence-electron chi connectivity index (χ3n) is 8.56. The number of hydrogen-bond donors (Lipinski definition) is 0. The Kier molecular flexibility index (Phi) is 6.48. The van der Waals surface area contributed by atoms with Gasteiger partial charge in [-0.1, -0.05) is 109 Å². The maximum Gasteiger partial charge on any atom is 0.219 e. The van der Waals surface area contributed by atoms with Crippen molar-refractivity contribution in [1.29, 1.82) is 0 Å². The van der Waals surface area contributed by atoms with Gasteiger partial charge in [0.2, 0.25) is 5.95 Å². The molecule has 0 bridgehead atoms. The van der Waals surface area contributed by atoms with Gasteiger partial charge in [0.05, 0.1) is 23.8 Å². The average Bonchev–Trinajstić information content (AvgIpc) is 3.56. The monoisotopic (exact) mass is 571 g/mol. The molecule has 0 N–H and O–H groups in total. The molecule has 0 saturated carbocycles. The lowest BCUT2D eigenvalue weighted by Crippen LogP contribution is -2.47. The van der Waals surface area contributed by atoms with Gasteiger partial charge in [0.1, 0.15) is 16.7 Å². The van der Waals surface area contributed by atoms with Crippen molar-refractivity contribution >= 4 is 23.4 Å². The summed E-state index contributed by atoms with van der Waals surface area (Å²) in [7, 11) is 3.50. The third kappa shape index (κ3) is 3.72. The Bertz CT molecular complexity index is 1660. The minimum absolute atomic E-state index is 0.119. The number of hydrogen-bond acceptors (Lipinski definition) is 5. The quantitative estimate of drug-likeness (QED) is 0.129. The first kappa shape index (κ1) is 26.6. The molecule has 2 aliphatic heterocycles. The Morgan fingerprint density at radius 3 is 1.93 bits per heavy atom. The van der Waals surface area contributed by atoms with Gasteiger partial charge in [-0.25, -0.2) is 4.98 Å². The first-order valence-corrected chi connectivity index (χ1v) is 15.0. The summed E-state index contributed by atoms with van der Waals surface area (Å²) in [6.07, 6.45) is 10.5. The van der Waals surface area contributed by atoms with E-state index in [1.54, 1.807) is 14.2 Å². The molecule has 3 aliphatic rings. The van der Waals surface area contributed by atoms with Crippen molar-refractivity contribution in [2.45, 2.75) is 35.3 Å². The predicted molar refractivity (Wildman–Crippen MR) is 170 cm³/mol. The van der Waals surface area contributed by atoms with E-state index in [-0.39, 0.29) is 6.10 Å². The summed E-state index contributed by atoms with van der Waals surface area (Å²) >= 11 is 1.82. The van der Waals surface area contributed by atoms with Crippen molar-refractivity contribution in [3.8, 4) is 0 Å². The molecule has 1 spiro atoms. The molecule has 1 aliphatic carbocycles. The third-order valence-corrected chi connectivity index (χ3v) is 10.1. The van der Waals surface area contributed by atoms with Crippen LogP contribution in [-0.4, -0.2) is 35.4 Å². The maximum absolute atomic E-state index is 6.04. The molecule has 0 fully saturated rings. The minimum atomic E-state index is -0.558. The van der Waals surface area contributed by atoms with Crippen LogP contribution in [0, 0.1) is 0 Å². The number of fused-ring (bicyclic) bond motifs is 3. The van der Waals surface area contributed by atoms with Gasteiger partial charge in [-0.2, -0.15) is 0 Å². The maximum atomic E-state index is 6.04. The fourth-order valence-electron chi connectivity index (χ4n) is 6.94. The number of aromatic nitrogens is 2. The van der Waals surface area contributed by atoms with Crippen LogP contribution >= 0.6 is 11.8 Å². The molecule has 4 aromatic rings. The zero-order valence-electron chi connectivity index (χ0n) is 24.2. The van der Waals surface area contributed by atoms with Gasteiger partial charge in [-0.15, -0.1) is 0 Å². The van der Waals surface area contributed by atoms with E-state index in [0.29, 0.717) is 0 Å². The summed E-state index contributed by atoms with van der Waals surface area (Å²) in [5, 5.41) is 1.04. The highest BCUT2D eigenvalue weighted by Gasteiger charge is 2.54. The predicted octanol–water partition coefficient (Wildman–Crippen LogP) is 7.79. The van der Waals surface area contributed by atoms with Gasteiger partial charge < -0.3 is 9.47 Å². The van der Waals surface area contributed by atoms with Crippen molar-refractivity contribution < 1.29 is 9.47 Å². The largest absolute Gasteiger partial charge is 0.482 e. The van der Waals surface area contributed by atoms with E-state index in [0.717, 1.165) is 33.7 Å². The lowest BCUT2D eigenvalue weighted by molar-refractivity contribution is 0.157. The lowest BCUT2D eigenvalue weighted by atomic mass is 9.80. The van der Waals surface area contributed by atoms with E-state index < -0.39 is 10.3 Å². The molecule has 2 unspecified atom stereocenters. The van der Waals surface area contributed by atoms with Gasteiger partial charge in [-0.05, 0) is 59.9 Å². The number of anilines is 1. The van der Waals surface area contributed by atoms with Gasteiger partial charge in [0.15, 0.2) is 5.88 Å². The Morgan fingerprint density at radius 2 is 1.40 bits per heavy atom. The van der Waals surface area contributed by atoms with Crippen LogP contribution in [0.3, 0.4) is 0 Å². The van der Waals surface area contributed by atoms with Crippen LogP contribution in [0.15, 0.2) is 144 Å². The van der Waals surface area contributed by atoms with Crippen LogP contribution in [0.25, 0.3) is 5.70 Å². The second-order valence-electron chi connectivity index (χ2n) is 10.9. The van der Waals surface area contributed by atoms with E-state index >= 15 is 0 Å². The first-order valence-electron chi connectivity index (χ1n) is 14.2. The SMILES string of the molecule is COC1=CC=CC23C=C(C)C(OC)C(C)=C2n2c(SC(c4ccccc4)(c4ccccc4)c4ccccc4)cnc2N13. The Morgan fingerprint density at radius 1 is 0.833 bits per heavy atom. The standard InChI is InChI=1S/C36H33N3O2S/c1-25-23-35-22-14-21-30(40-3)39(35)34-37-24-31(38(34)33(35)26(2)32(25)41-4)42-36(27-15-8-5-9-16-27,28-17-10-6-11-18-28)29-19-12-7-13-20-29/h5-24,32H,1-4H3. The van der Waals surface area contributed by atoms with Gasteiger partial charge >= 0.3 is 0 Å². The molecule has 6 heteroatoms. The Balaban J connectivity index is 1.51. The van der Waals surface area contributed by atoms with Crippen molar-refractivity contribution in [2.24, 2.45) is 0 Å². The number of rotatable bonds is 7. The Labute approximate surface area is 251 Å². The molecule has 7 rings (SSSR count). The van der Waals surface area contributed by atoms with Crippen LogP contribution < -0.4 is 4.90 Å². The van der Waals surface area contributed by atoms with E-state index in [2.05, 4.69) is 133 Å². The smallest absolute Gasteiger partial charge is 0.219 e. The first-order chi connectivity index (χ1) is 20.5. The number of methoxy groups -OCH3 is 2. The second kappa shape index (κ2) is 10.2. The summed E-state index contributed by atoms with van der Waals surface area (Å²) in [6, 6.07) is 32.3. The molecular weight excluding hydrogens is 538 g/mol. The van der Waals surface area contributed by atoms with Crippen LogP contribution in [0.1, 0.15) is 30.5 Å². The number of thioether (sulfide) groups is 1. The van der Waals surface area contributed by atoms with E-state index in [4.69, 9.17) is 14.5 Å². The van der Waals surface area contributed by atoms with Crippen LogP contribution in [0.5, 0.6) is 0 Å². The molecule has 3 aromatic carbocycles. The van der Waals surface area contributed by atoms with E-state index in [1.807, 2.05) is 24.0 Å². The van der Waals surface area contributed by atoms with Crippen molar-refractivity contribution in [3.05, 3.63) is 155 Å². The highest BCUT2D eigenvalue weighted by molar-refractivity contribution is 8.00. The number of nitrogens with zero attached hydrogens (tertiary/aromatic N) is 3. The van der Waals surface area contributed by atoms with Gasteiger partial charge in [-0.3, -0.25) is 9.47 Å². The van der Waals surface area contributed by atoms with Gasteiger partial charge in [0.25, 0.3) is 0 Å². The summed E-state index contributed by atoms with van der Waals surface area (Å²) in [4.78, 5) is 7.29. The normalized spacial score (nSPS) is 21.0. The molecule has 2 atom stereocenters. The van der Waals surface area contributed by atoms with Crippen LogP contribution in [0.2, 0.25) is 0 Å². The topological polar surface area (TPSA) is 39.5 Å². The van der Waals surface area contributed by atoms with E-state index in [1.165, 1.54) is 16.7 Å². The number of benzene rings is 3. The summed E-state index contributed by atoms with van der Waals surface area (Å²) in [6.45, 7) is 4.32. The van der Waals surface area contributed by atoms with Crippen molar-refractivity contribution in [1.82, 2.24) is 9.55 Å².